The molecule has 0 atom stereocenters. The molecule has 2 saturated heterocycles. The van der Waals surface area contributed by atoms with Gasteiger partial charge in [-0.05, 0) is 79.6 Å². The third-order valence-corrected chi connectivity index (χ3v) is 7.29. The molecule has 1 spiro atoms. The second kappa shape index (κ2) is 8.35. The van der Waals surface area contributed by atoms with Crippen LogP contribution in [0.3, 0.4) is 0 Å². The van der Waals surface area contributed by atoms with E-state index in [0.717, 1.165) is 39.0 Å². The van der Waals surface area contributed by atoms with Gasteiger partial charge in [-0.2, -0.15) is 0 Å². The standard InChI is InChI=1S/C25H30N4O2/c30-23(28-15-11-25(12-16-28)9-13-26-14-10-25)19-5-7-22(8-6-19)27-24(31)29-17-20-3-1-2-4-21(20)18-29/h1-8,26H,9-18H2,(H,27,31). The Morgan fingerprint density at radius 3 is 2.03 bits per heavy atom. The summed E-state index contributed by atoms with van der Waals surface area (Å²) in [5, 5.41) is 6.40. The third kappa shape index (κ3) is 4.17. The van der Waals surface area contributed by atoms with Gasteiger partial charge in [0.25, 0.3) is 5.91 Å². The van der Waals surface area contributed by atoms with Crippen molar-refractivity contribution in [3.05, 3.63) is 65.2 Å². The fourth-order valence-electron chi connectivity index (χ4n) is 5.20. The van der Waals surface area contributed by atoms with Crippen molar-refractivity contribution in [2.24, 2.45) is 5.41 Å². The van der Waals surface area contributed by atoms with Crippen molar-refractivity contribution < 1.29 is 9.59 Å². The number of carbonyl (C=O) groups is 2. The topological polar surface area (TPSA) is 64.7 Å². The lowest BCUT2D eigenvalue weighted by molar-refractivity contribution is 0.0495. The quantitative estimate of drug-likeness (QED) is 0.779. The van der Waals surface area contributed by atoms with Gasteiger partial charge < -0.3 is 20.4 Å². The van der Waals surface area contributed by atoms with Crippen molar-refractivity contribution in [1.82, 2.24) is 15.1 Å². The van der Waals surface area contributed by atoms with Crippen LogP contribution in [0.2, 0.25) is 0 Å². The highest BCUT2D eigenvalue weighted by molar-refractivity contribution is 5.95. The first-order chi connectivity index (χ1) is 15.1. The number of piperidine rings is 2. The van der Waals surface area contributed by atoms with Crippen LogP contribution in [0.4, 0.5) is 10.5 Å². The predicted molar refractivity (Wildman–Crippen MR) is 121 cm³/mol. The van der Waals surface area contributed by atoms with Crippen molar-refractivity contribution in [2.75, 3.05) is 31.5 Å². The second-order valence-electron chi connectivity index (χ2n) is 9.17. The molecule has 2 fully saturated rings. The summed E-state index contributed by atoms with van der Waals surface area (Å²) >= 11 is 0. The Balaban J connectivity index is 1.16. The smallest absolute Gasteiger partial charge is 0.322 e. The maximum Gasteiger partial charge on any atom is 0.322 e. The van der Waals surface area contributed by atoms with Gasteiger partial charge in [-0.15, -0.1) is 0 Å². The van der Waals surface area contributed by atoms with Gasteiger partial charge in [0, 0.05) is 37.4 Å². The highest BCUT2D eigenvalue weighted by Gasteiger charge is 2.36. The average molecular weight is 419 g/mol. The fourth-order valence-corrected chi connectivity index (χ4v) is 5.20. The van der Waals surface area contributed by atoms with E-state index in [4.69, 9.17) is 0 Å². The summed E-state index contributed by atoms with van der Waals surface area (Å²) < 4.78 is 0. The Hall–Kier alpha value is -2.86. The molecule has 0 unspecified atom stereocenters. The number of rotatable bonds is 2. The number of benzene rings is 2. The number of nitrogens with zero attached hydrogens (tertiary/aromatic N) is 2. The first-order valence-corrected chi connectivity index (χ1v) is 11.3. The Labute approximate surface area is 183 Å². The van der Waals surface area contributed by atoms with Crippen LogP contribution < -0.4 is 10.6 Å². The molecule has 0 aliphatic carbocycles. The van der Waals surface area contributed by atoms with Gasteiger partial charge in [0.15, 0.2) is 0 Å². The molecule has 5 rings (SSSR count). The fraction of sp³-hybridized carbons (Fsp3) is 0.440. The van der Waals surface area contributed by atoms with E-state index in [9.17, 15) is 9.59 Å². The molecule has 6 heteroatoms. The van der Waals surface area contributed by atoms with Gasteiger partial charge >= 0.3 is 6.03 Å². The lowest BCUT2D eigenvalue weighted by Gasteiger charge is -2.44. The molecular weight excluding hydrogens is 388 g/mol. The number of carbonyl (C=O) groups excluding carboxylic acids is 2. The minimum atomic E-state index is -0.112. The van der Waals surface area contributed by atoms with Crippen LogP contribution in [0.25, 0.3) is 0 Å². The second-order valence-corrected chi connectivity index (χ2v) is 9.17. The van der Waals surface area contributed by atoms with E-state index in [1.165, 1.54) is 24.0 Å². The molecule has 2 aromatic rings. The van der Waals surface area contributed by atoms with Crippen LogP contribution in [0.15, 0.2) is 48.5 Å². The number of hydrogen-bond acceptors (Lipinski definition) is 3. The number of likely N-dealkylation sites (tertiary alicyclic amines) is 1. The third-order valence-electron chi connectivity index (χ3n) is 7.29. The van der Waals surface area contributed by atoms with E-state index in [1.807, 2.05) is 41.3 Å². The molecule has 162 valence electrons. The molecule has 6 nitrogen and oxygen atoms in total. The average Bonchev–Trinajstić information content (AvgIpc) is 3.25. The lowest BCUT2D eigenvalue weighted by atomic mass is 9.71. The van der Waals surface area contributed by atoms with Gasteiger partial charge in [0.1, 0.15) is 0 Å². The summed E-state index contributed by atoms with van der Waals surface area (Å²) in [5.41, 5.74) is 4.24. The van der Waals surface area contributed by atoms with Crippen LogP contribution in [0, 0.1) is 5.41 Å². The Morgan fingerprint density at radius 1 is 0.806 bits per heavy atom. The van der Waals surface area contributed by atoms with Crippen molar-refractivity contribution in [3.8, 4) is 0 Å². The van der Waals surface area contributed by atoms with E-state index in [-0.39, 0.29) is 11.9 Å². The first kappa shape index (κ1) is 20.1. The van der Waals surface area contributed by atoms with Crippen LogP contribution in [0.5, 0.6) is 0 Å². The largest absolute Gasteiger partial charge is 0.339 e. The zero-order valence-electron chi connectivity index (χ0n) is 17.9. The molecule has 0 radical (unpaired) electrons. The predicted octanol–water partition coefficient (Wildman–Crippen LogP) is 3.84. The highest BCUT2D eigenvalue weighted by Crippen LogP contribution is 2.39. The normalized spacial score (nSPS) is 19.9. The molecule has 3 aliphatic rings. The summed E-state index contributed by atoms with van der Waals surface area (Å²) in [6, 6.07) is 15.3. The number of hydrogen-bond donors (Lipinski definition) is 2. The maximum absolute atomic E-state index is 13.0. The van der Waals surface area contributed by atoms with Crippen LogP contribution >= 0.6 is 0 Å². The molecule has 2 N–H and O–H groups in total. The molecule has 0 saturated carbocycles. The van der Waals surface area contributed by atoms with Gasteiger partial charge in [0.2, 0.25) is 0 Å². The Bertz CT molecular complexity index is 931. The summed E-state index contributed by atoms with van der Waals surface area (Å²) in [5.74, 6) is 0.0941. The molecule has 3 aliphatic heterocycles. The van der Waals surface area contributed by atoms with E-state index in [2.05, 4.69) is 22.8 Å². The lowest BCUT2D eigenvalue weighted by Crippen LogP contribution is -2.47. The number of fused-ring (bicyclic) bond motifs is 1. The zero-order valence-corrected chi connectivity index (χ0v) is 17.9. The first-order valence-electron chi connectivity index (χ1n) is 11.3. The van der Waals surface area contributed by atoms with Crippen LogP contribution in [-0.4, -0.2) is 47.9 Å². The van der Waals surface area contributed by atoms with E-state index < -0.39 is 0 Å². The number of anilines is 1. The van der Waals surface area contributed by atoms with Crippen molar-refractivity contribution in [3.63, 3.8) is 0 Å². The van der Waals surface area contributed by atoms with Gasteiger partial charge in [-0.1, -0.05) is 24.3 Å². The monoisotopic (exact) mass is 418 g/mol. The highest BCUT2D eigenvalue weighted by atomic mass is 16.2. The molecule has 3 heterocycles. The Kier molecular flexibility index (Phi) is 5.40. The number of amides is 3. The zero-order chi connectivity index (χ0) is 21.3. The Morgan fingerprint density at radius 2 is 1.42 bits per heavy atom. The molecule has 0 aromatic heterocycles. The minimum absolute atomic E-state index is 0.0941. The number of nitrogens with one attached hydrogen (secondary N) is 2. The molecule has 3 amide bonds. The van der Waals surface area contributed by atoms with Gasteiger partial charge in [-0.25, -0.2) is 4.79 Å². The van der Waals surface area contributed by atoms with Gasteiger partial charge in [-0.3, -0.25) is 4.79 Å². The number of urea groups is 1. The van der Waals surface area contributed by atoms with Gasteiger partial charge in [0.05, 0.1) is 0 Å². The summed E-state index contributed by atoms with van der Waals surface area (Å²) in [6.07, 6.45) is 4.66. The van der Waals surface area contributed by atoms with E-state index >= 15 is 0 Å². The van der Waals surface area contributed by atoms with E-state index in [0.29, 0.717) is 29.8 Å². The van der Waals surface area contributed by atoms with Crippen LogP contribution in [0.1, 0.15) is 47.2 Å². The molecule has 2 aromatic carbocycles. The van der Waals surface area contributed by atoms with Crippen molar-refractivity contribution >= 4 is 17.6 Å². The summed E-state index contributed by atoms with van der Waals surface area (Å²) in [6.45, 7) is 5.14. The summed E-state index contributed by atoms with van der Waals surface area (Å²) in [7, 11) is 0. The summed E-state index contributed by atoms with van der Waals surface area (Å²) in [4.78, 5) is 29.4. The molecule has 31 heavy (non-hydrogen) atoms. The minimum Gasteiger partial charge on any atom is -0.339 e. The molecule has 0 bridgehead atoms. The SMILES string of the molecule is O=C(Nc1ccc(C(=O)N2CCC3(CCNCC3)CC2)cc1)N1Cc2ccccc2C1. The van der Waals surface area contributed by atoms with Crippen molar-refractivity contribution in [1.29, 1.82) is 0 Å². The van der Waals surface area contributed by atoms with Crippen molar-refractivity contribution in [2.45, 2.75) is 38.8 Å². The maximum atomic E-state index is 13.0. The molecular formula is C25H30N4O2. The van der Waals surface area contributed by atoms with Crippen LogP contribution in [-0.2, 0) is 13.1 Å². The van der Waals surface area contributed by atoms with E-state index in [1.54, 1.807) is 4.90 Å².